The van der Waals surface area contributed by atoms with Gasteiger partial charge in [0.05, 0.1) is 24.1 Å². The summed E-state index contributed by atoms with van der Waals surface area (Å²) in [7, 11) is 1.71. The second-order valence-corrected chi connectivity index (χ2v) is 11.2. The quantitative estimate of drug-likeness (QED) is 0.388. The van der Waals surface area contributed by atoms with Crippen LogP contribution in [0, 0.1) is 6.92 Å². The van der Waals surface area contributed by atoms with Crippen LogP contribution < -0.4 is 10.5 Å². The molecule has 1 fully saturated rings. The molecule has 0 unspecified atom stereocenters. The van der Waals surface area contributed by atoms with Gasteiger partial charge in [-0.15, -0.1) is 11.3 Å². The van der Waals surface area contributed by atoms with Gasteiger partial charge in [-0.1, -0.05) is 17.2 Å². The lowest BCUT2D eigenvalue weighted by atomic mass is 10.1. The molecule has 10 heteroatoms. The third-order valence-corrected chi connectivity index (χ3v) is 8.71. The molecule has 180 valence electrons. The van der Waals surface area contributed by atoms with E-state index in [9.17, 15) is 4.55 Å². The van der Waals surface area contributed by atoms with E-state index in [4.69, 9.17) is 15.2 Å². The van der Waals surface area contributed by atoms with E-state index in [0.717, 1.165) is 61.7 Å². The Morgan fingerprint density at radius 2 is 2.03 bits per heavy atom. The predicted octanol–water partition coefficient (Wildman–Crippen LogP) is 3.61. The summed E-state index contributed by atoms with van der Waals surface area (Å²) in [5.74, 6) is 2.70. The van der Waals surface area contributed by atoms with Gasteiger partial charge in [0.25, 0.3) is 0 Å². The average molecular weight is 500 g/mol. The van der Waals surface area contributed by atoms with E-state index in [0.29, 0.717) is 37.1 Å². The molecule has 0 atom stereocenters. The van der Waals surface area contributed by atoms with Gasteiger partial charge in [-0.3, -0.25) is 4.90 Å². The molecular formula is C24H29N5O3S2. The number of rotatable bonds is 7. The van der Waals surface area contributed by atoms with Gasteiger partial charge in [0.1, 0.15) is 29.1 Å². The maximum Gasteiger partial charge on any atom is 0.152 e. The SMILES string of the molecule is CCOCc1c(-c2cc3cc(C)cc(OC)c3s2)c2c(N)ncnn2c1CN1CC[S+]([O-])CC1. The van der Waals surface area contributed by atoms with E-state index >= 15 is 0 Å². The molecule has 4 aromatic rings. The number of thiophene rings is 1. The van der Waals surface area contributed by atoms with Crippen LogP contribution in [0.1, 0.15) is 23.7 Å². The summed E-state index contributed by atoms with van der Waals surface area (Å²) in [6.45, 7) is 7.40. The Labute approximate surface area is 205 Å². The number of nitrogen functional groups attached to an aromatic ring is 1. The zero-order valence-electron chi connectivity index (χ0n) is 19.7. The van der Waals surface area contributed by atoms with Crippen molar-refractivity contribution in [3.05, 3.63) is 41.3 Å². The highest BCUT2D eigenvalue weighted by molar-refractivity contribution is 7.91. The van der Waals surface area contributed by atoms with Crippen molar-refractivity contribution in [1.82, 2.24) is 19.5 Å². The lowest BCUT2D eigenvalue weighted by Crippen LogP contribution is -2.40. The fourth-order valence-electron chi connectivity index (χ4n) is 4.59. The smallest absolute Gasteiger partial charge is 0.152 e. The van der Waals surface area contributed by atoms with Crippen molar-refractivity contribution >= 4 is 43.9 Å². The van der Waals surface area contributed by atoms with Gasteiger partial charge in [0, 0.05) is 42.2 Å². The summed E-state index contributed by atoms with van der Waals surface area (Å²) in [6, 6.07) is 6.43. The van der Waals surface area contributed by atoms with E-state index in [1.807, 2.05) is 11.4 Å². The van der Waals surface area contributed by atoms with Crippen LogP contribution in [0.15, 0.2) is 24.5 Å². The molecule has 0 saturated carbocycles. The lowest BCUT2D eigenvalue weighted by molar-refractivity contribution is 0.133. The first-order valence-corrected chi connectivity index (χ1v) is 13.7. The molecule has 4 heterocycles. The number of aromatic nitrogens is 3. The number of anilines is 1. The molecule has 3 aromatic heterocycles. The maximum absolute atomic E-state index is 11.9. The van der Waals surface area contributed by atoms with Crippen LogP contribution in [0.2, 0.25) is 0 Å². The summed E-state index contributed by atoms with van der Waals surface area (Å²) < 4.78 is 26.5. The number of methoxy groups -OCH3 is 1. The predicted molar refractivity (Wildman–Crippen MR) is 138 cm³/mol. The normalized spacial score (nSPS) is 15.5. The highest BCUT2D eigenvalue weighted by Crippen LogP contribution is 2.44. The van der Waals surface area contributed by atoms with Gasteiger partial charge in [-0.25, -0.2) is 9.50 Å². The number of ether oxygens (including phenoxy) is 2. The first kappa shape index (κ1) is 23.4. The van der Waals surface area contributed by atoms with Gasteiger partial charge < -0.3 is 19.8 Å². The number of nitrogens with zero attached hydrogens (tertiary/aromatic N) is 4. The molecule has 5 rings (SSSR count). The monoisotopic (exact) mass is 499 g/mol. The maximum atomic E-state index is 11.9. The zero-order valence-corrected chi connectivity index (χ0v) is 21.3. The Hall–Kier alpha value is -2.37. The Balaban J connectivity index is 1.71. The highest BCUT2D eigenvalue weighted by Gasteiger charge is 2.27. The van der Waals surface area contributed by atoms with Gasteiger partial charge in [-0.2, -0.15) is 5.10 Å². The fraction of sp³-hybridized carbons (Fsp3) is 0.417. The minimum Gasteiger partial charge on any atom is -0.616 e. The van der Waals surface area contributed by atoms with Crippen LogP contribution in [0.4, 0.5) is 5.82 Å². The second-order valence-electron chi connectivity index (χ2n) is 8.46. The summed E-state index contributed by atoms with van der Waals surface area (Å²) in [6.07, 6.45) is 1.50. The fourth-order valence-corrected chi connectivity index (χ4v) is 6.93. The van der Waals surface area contributed by atoms with Crippen LogP contribution >= 0.6 is 11.3 Å². The number of fused-ring (bicyclic) bond motifs is 2. The Morgan fingerprint density at radius 3 is 2.76 bits per heavy atom. The largest absolute Gasteiger partial charge is 0.616 e. The van der Waals surface area contributed by atoms with Crippen molar-refractivity contribution in [1.29, 1.82) is 0 Å². The van der Waals surface area contributed by atoms with Crippen LogP contribution in [0.3, 0.4) is 0 Å². The summed E-state index contributed by atoms with van der Waals surface area (Å²) in [5.41, 5.74) is 11.5. The molecule has 1 aromatic carbocycles. The summed E-state index contributed by atoms with van der Waals surface area (Å²) in [5, 5.41) is 5.74. The number of hydrogen-bond donors (Lipinski definition) is 1. The minimum absolute atomic E-state index is 0.439. The van der Waals surface area contributed by atoms with Gasteiger partial charge in [0.2, 0.25) is 0 Å². The Kier molecular flexibility index (Phi) is 6.67. The van der Waals surface area contributed by atoms with Crippen LogP contribution in [-0.2, 0) is 29.1 Å². The standard InChI is InChI=1S/C24H29N5O3S2/c1-4-32-13-17-18(12-28-5-7-34(30)8-6-28)29-22(24(25)26-14-27-29)21(17)20-11-16-9-15(2)10-19(31-3)23(16)33-20/h9-11,14H,4-8,12-13H2,1-3H3,(H2,25,26,27). The molecule has 0 radical (unpaired) electrons. The van der Waals surface area contributed by atoms with Crippen molar-refractivity contribution in [2.24, 2.45) is 0 Å². The van der Waals surface area contributed by atoms with Crippen LogP contribution in [0.25, 0.3) is 26.0 Å². The van der Waals surface area contributed by atoms with Crippen LogP contribution in [-0.4, -0.2) is 62.4 Å². The van der Waals surface area contributed by atoms with Crippen molar-refractivity contribution in [2.45, 2.75) is 27.0 Å². The molecule has 1 saturated heterocycles. The molecule has 8 nitrogen and oxygen atoms in total. The number of hydrogen-bond acceptors (Lipinski definition) is 8. The average Bonchev–Trinajstić information content (AvgIpc) is 3.38. The van der Waals surface area contributed by atoms with Gasteiger partial charge >= 0.3 is 0 Å². The van der Waals surface area contributed by atoms with Crippen molar-refractivity contribution in [2.75, 3.05) is 44.0 Å². The van der Waals surface area contributed by atoms with Gasteiger partial charge in [0.15, 0.2) is 5.82 Å². The highest BCUT2D eigenvalue weighted by atomic mass is 32.2. The molecule has 0 bridgehead atoms. The number of benzene rings is 1. The first-order valence-electron chi connectivity index (χ1n) is 11.4. The van der Waals surface area contributed by atoms with E-state index in [-0.39, 0.29) is 0 Å². The second kappa shape index (κ2) is 9.71. The minimum atomic E-state index is -0.728. The molecule has 0 spiro atoms. The third kappa shape index (κ3) is 4.25. The third-order valence-electron chi connectivity index (χ3n) is 6.25. The molecule has 1 aliphatic heterocycles. The number of aryl methyl sites for hydroxylation is 1. The Morgan fingerprint density at radius 1 is 1.24 bits per heavy atom. The van der Waals surface area contributed by atoms with Crippen molar-refractivity contribution in [3.63, 3.8) is 0 Å². The van der Waals surface area contributed by atoms with Gasteiger partial charge in [-0.05, 0) is 36.9 Å². The van der Waals surface area contributed by atoms with E-state index in [1.165, 1.54) is 6.33 Å². The topological polar surface area (TPSA) is 101 Å². The van der Waals surface area contributed by atoms with Crippen LogP contribution in [0.5, 0.6) is 5.75 Å². The molecule has 0 aliphatic carbocycles. The first-order chi connectivity index (χ1) is 16.5. The van der Waals surface area contributed by atoms with E-state index in [2.05, 4.69) is 40.1 Å². The molecule has 34 heavy (non-hydrogen) atoms. The zero-order chi connectivity index (χ0) is 23.8. The Bertz CT molecular complexity index is 1330. The summed E-state index contributed by atoms with van der Waals surface area (Å²) in [4.78, 5) is 7.73. The molecule has 1 aliphatic rings. The number of nitrogens with two attached hydrogens (primary N) is 1. The van der Waals surface area contributed by atoms with E-state index < -0.39 is 11.2 Å². The van der Waals surface area contributed by atoms with Crippen molar-refractivity contribution in [3.8, 4) is 16.2 Å². The van der Waals surface area contributed by atoms with E-state index in [1.54, 1.807) is 18.4 Å². The molecule has 2 N–H and O–H groups in total. The molecule has 0 amide bonds. The summed E-state index contributed by atoms with van der Waals surface area (Å²) >= 11 is 0.955. The lowest BCUT2D eigenvalue weighted by Gasteiger charge is -2.28. The molecular weight excluding hydrogens is 470 g/mol. The van der Waals surface area contributed by atoms with Crippen molar-refractivity contribution < 1.29 is 14.0 Å².